The molecule has 2 aliphatic rings. The van der Waals surface area contributed by atoms with Crippen molar-refractivity contribution in [2.45, 2.75) is 22.6 Å². The summed E-state index contributed by atoms with van der Waals surface area (Å²) in [6.45, 7) is 0. The number of phenolic OH excluding ortho intramolecular Hbond substituents is 1. The van der Waals surface area contributed by atoms with Crippen molar-refractivity contribution in [1.29, 1.82) is 0 Å². The molecule has 0 bridgehead atoms. The predicted molar refractivity (Wildman–Crippen MR) is 116 cm³/mol. The molecular formula is C18H17N7O6S2. The predicted octanol–water partition coefficient (Wildman–Crippen LogP) is 0.254. The Bertz CT molecular complexity index is 1150. The van der Waals surface area contributed by atoms with Crippen LogP contribution in [0.3, 0.4) is 0 Å². The maximum absolute atomic E-state index is 12.8. The van der Waals surface area contributed by atoms with Crippen LogP contribution < -0.4 is 5.32 Å². The summed E-state index contributed by atoms with van der Waals surface area (Å²) in [5, 5.41) is 35.4. The molecule has 2 amide bonds. The Morgan fingerprint density at radius 2 is 2.09 bits per heavy atom. The normalized spacial score (nSPS) is 20.6. The smallest absolute Gasteiger partial charge is 0.352 e. The van der Waals surface area contributed by atoms with E-state index in [1.54, 1.807) is 7.05 Å². The quantitative estimate of drug-likeness (QED) is 0.262. The van der Waals surface area contributed by atoms with Crippen LogP contribution >= 0.6 is 23.5 Å². The summed E-state index contributed by atoms with van der Waals surface area (Å²) in [5.41, 5.74) is 0.663. The number of nitrogens with one attached hydrogen (secondary N) is 1. The lowest BCUT2D eigenvalue weighted by molar-refractivity contribution is -0.150. The Labute approximate surface area is 194 Å². The SMILES string of the molecule is Cn1nnnc1SCC1=C(C(=O)O)N2C(=O)C(NC(=O)C(N=O)c3ccc(O)cc3)[C@@H]2SC1. The Morgan fingerprint density at radius 3 is 2.70 bits per heavy atom. The zero-order valence-electron chi connectivity index (χ0n) is 17.0. The molecule has 4 rings (SSSR count). The molecule has 0 radical (unpaired) electrons. The van der Waals surface area contributed by atoms with Gasteiger partial charge >= 0.3 is 5.97 Å². The molecule has 1 fully saturated rings. The number of aromatic hydroxyl groups is 1. The first kappa shape index (κ1) is 22.7. The van der Waals surface area contributed by atoms with Crippen LogP contribution in [-0.2, 0) is 21.4 Å². The molecule has 13 nitrogen and oxygen atoms in total. The van der Waals surface area contributed by atoms with E-state index in [4.69, 9.17) is 0 Å². The fourth-order valence-electron chi connectivity index (χ4n) is 3.44. The monoisotopic (exact) mass is 491 g/mol. The third-order valence-electron chi connectivity index (χ3n) is 5.07. The maximum Gasteiger partial charge on any atom is 0.352 e. The standard InChI is InChI=1S/C18H17N7O6S2/c1-24-18(20-22-23-24)33-7-9-6-32-16-12(15(28)25(16)13(9)17(29)30)19-14(27)11(21-31)8-2-4-10(26)5-3-8/h2-5,11-12,16,26H,6-7H2,1H3,(H,19,27)(H,29,30)/t11?,12?,16-/m0/s1. The molecule has 3 N–H and O–H groups in total. The molecule has 2 aliphatic heterocycles. The van der Waals surface area contributed by atoms with Gasteiger partial charge in [0.2, 0.25) is 5.16 Å². The number of aliphatic carboxylic acids is 1. The number of carboxylic acids is 1. The minimum Gasteiger partial charge on any atom is -0.508 e. The molecule has 0 spiro atoms. The first-order valence-electron chi connectivity index (χ1n) is 9.48. The van der Waals surface area contributed by atoms with Crippen LogP contribution in [0.15, 0.2) is 45.9 Å². The highest BCUT2D eigenvalue weighted by molar-refractivity contribution is 8.01. The fraction of sp³-hybridized carbons (Fsp3) is 0.333. The third kappa shape index (κ3) is 4.28. The number of carbonyl (C=O) groups excluding carboxylic acids is 2. The summed E-state index contributed by atoms with van der Waals surface area (Å²) < 4.78 is 1.45. The lowest BCUT2D eigenvalue weighted by atomic mass is 10.0. The van der Waals surface area contributed by atoms with Gasteiger partial charge in [-0.05, 0) is 33.7 Å². The molecule has 2 unspecified atom stereocenters. The van der Waals surface area contributed by atoms with Gasteiger partial charge in [0.15, 0.2) is 6.04 Å². The van der Waals surface area contributed by atoms with Crippen LogP contribution in [0, 0.1) is 4.91 Å². The number of aryl methyl sites for hydroxylation is 1. The maximum atomic E-state index is 12.8. The van der Waals surface area contributed by atoms with Crippen molar-refractivity contribution in [2.24, 2.45) is 12.2 Å². The topological polar surface area (TPSA) is 180 Å². The Balaban J connectivity index is 1.47. The number of fused-ring (bicyclic) bond motifs is 1. The van der Waals surface area contributed by atoms with E-state index in [0.717, 1.165) is 4.90 Å². The average Bonchev–Trinajstić information content (AvgIpc) is 3.21. The highest BCUT2D eigenvalue weighted by atomic mass is 32.2. The van der Waals surface area contributed by atoms with E-state index in [2.05, 4.69) is 26.0 Å². The van der Waals surface area contributed by atoms with Crippen molar-refractivity contribution in [3.63, 3.8) is 0 Å². The number of nitrogens with zero attached hydrogens (tertiary/aromatic N) is 6. The van der Waals surface area contributed by atoms with Crippen LogP contribution in [0.25, 0.3) is 0 Å². The summed E-state index contributed by atoms with van der Waals surface area (Å²) >= 11 is 2.56. The van der Waals surface area contributed by atoms with E-state index >= 15 is 0 Å². The summed E-state index contributed by atoms with van der Waals surface area (Å²) in [5.74, 6) is -2.06. The number of amides is 2. The minimum atomic E-state index is -1.41. The van der Waals surface area contributed by atoms with Crippen LogP contribution in [0.4, 0.5) is 0 Å². The van der Waals surface area contributed by atoms with E-state index in [0.29, 0.717) is 16.5 Å². The first-order chi connectivity index (χ1) is 15.8. The van der Waals surface area contributed by atoms with Crippen molar-refractivity contribution in [1.82, 2.24) is 30.4 Å². The number of carboxylic acid groups (broad SMARTS) is 1. The van der Waals surface area contributed by atoms with E-state index in [1.165, 1.54) is 52.5 Å². The largest absolute Gasteiger partial charge is 0.508 e. The van der Waals surface area contributed by atoms with Gasteiger partial charge in [-0.2, -0.15) is 0 Å². The van der Waals surface area contributed by atoms with E-state index in [9.17, 15) is 29.5 Å². The molecule has 1 saturated heterocycles. The highest BCUT2D eigenvalue weighted by Crippen LogP contribution is 2.41. The van der Waals surface area contributed by atoms with Crippen molar-refractivity contribution >= 4 is 41.3 Å². The second-order valence-corrected chi connectivity index (χ2v) is 9.17. The second-order valence-electron chi connectivity index (χ2n) is 7.13. The zero-order chi connectivity index (χ0) is 23.7. The van der Waals surface area contributed by atoms with E-state index < -0.39 is 35.2 Å². The average molecular weight is 492 g/mol. The highest BCUT2D eigenvalue weighted by Gasteiger charge is 2.54. The zero-order valence-corrected chi connectivity index (χ0v) is 18.6. The minimum absolute atomic E-state index is 0.0374. The van der Waals surface area contributed by atoms with Gasteiger partial charge in [0, 0.05) is 18.6 Å². The molecule has 15 heteroatoms. The first-order valence-corrected chi connectivity index (χ1v) is 11.5. The van der Waals surface area contributed by atoms with Gasteiger partial charge in [-0.25, -0.2) is 9.48 Å². The van der Waals surface area contributed by atoms with Gasteiger partial charge in [0.1, 0.15) is 22.9 Å². The van der Waals surface area contributed by atoms with Crippen LogP contribution in [0.1, 0.15) is 11.6 Å². The van der Waals surface area contributed by atoms with Gasteiger partial charge in [-0.15, -0.1) is 21.8 Å². The number of hydrogen-bond donors (Lipinski definition) is 3. The number of carbonyl (C=O) groups is 3. The van der Waals surface area contributed by atoms with E-state index in [1.807, 2.05) is 0 Å². The molecule has 3 heterocycles. The lowest BCUT2D eigenvalue weighted by Gasteiger charge is -2.49. The van der Waals surface area contributed by atoms with Gasteiger partial charge in [0.25, 0.3) is 11.8 Å². The number of rotatable bonds is 8. The fourth-order valence-corrected chi connectivity index (χ4v) is 5.77. The molecule has 3 atom stereocenters. The number of thioether (sulfide) groups is 2. The lowest BCUT2D eigenvalue weighted by Crippen LogP contribution is -2.70. The van der Waals surface area contributed by atoms with E-state index in [-0.39, 0.29) is 22.8 Å². The molecule has 33 heavy (non-hydrogen) atoms. The molecule has 1 aromatic heterocycles. The molecule has 1 aromatic carbocycles. The van der Waals surface area contributed by atoms with Crippen molar-refractivity contribution in [2.75, 3.05) is 11.5 Å². The van der Waals surface area contributed by atoms with Gasteiger partial charge in [0.05, 0.1) is 0 Å². The van der Waals surface area contributed by atoms with Crippen molar-refractivity contribution in [3.8, 4) is 5.75 Å². The molecule has 172 valence electrons. The number of aromatic nitrogens is 4. The van der Waals surface area contributed by atoms with Gasteiger partial charge in [-0.1, -0.05) is 29.1 Å². The van der Waals surface area contributed by atoms with Crippen LogP contribution in [0.5, 0.6) is 5.75 Å². The van der Waals surface area contributed by atoms with Gasteiger partial charge in [-0.3, -0.25) is 14.5 Å². The number of tetrazole rings is 1. The summed E-state index contributed by atoms with van der Waals surface area (Å²) in [7, 11) is 1.66. The summed E-state index contributed by atoms with van der Waals surface area (Å²) in [6, 6.07) is 2.99. The Kier molecular flexibility index (Phi) is 6.33. The molecular weight excluding hydrogens is 474 g/mol. The third-order valence-corrected chi connectivity index (χ3v) is 7.50. The molecule has 2 aromatic rings. The number of β-lactam (4-membered cyclic amide) rings is 1. The summed E-state index contributed by atoms with van der Waals surface area (Å²) in [4.78, 5) is 49.8. The Morgan fingerprint density at radius 1 is 1.36 bits per heavy atom. The van der Waals surface area contributed by atoms with Gasteiger partial charge < -0.3 is 15.5 Å². The number of phenols is 1. The second kappa shape index (κ2) is 9.19. The number of hydrogen-bond acceptors (Lipinski definition) is 11. The van der Waals surface area contributed by atoms with Crippen molar-refractivity contribution < 1.29 is 24.6 Å². The molecule has 0 aliphatic carbocycles. The molecule has 0 saturated carbocycles. The van der Waals surface area contributed by atoms with Crippen molar-refractivity contribution in [3.05, 3.63) is 46.0 Å². The van der Waals surface area contributed by atoms with Crippen LogP contribution in [-0.4, -0.2) is 76.0 Å². The summed E-state index contributed by atoms with van der Waals surface area (Å²) in [6.07, 6.45) is 0. The number of nitroso groups, excluding NO2 is 1. The van der Waals surface area contributed by atoms with Crippen LogP contribution in [0.2, 0.25) is 0 Å². The number of benzene rings is 1. The Hall–Kier alpha value is -3.46.